The maximum Gasteiger partial charge on any atom is 0.330 e. The maximum atomic E-state index is 11.8. The van der Waals surface area contributed by atoms with Crippen molar-refractivity contribution in [2.45, 2.75) is 39.9 Å². The van der Waals surface area contributed by atoms with Crippen molar-refractivity contribution >= 4 is 17.5 Å². The molecule has 0 fully saturated rings. The van der Waals surface area contributed by atoms with Crippen LogP contribution in [0, 0.1) is 5.41 Å². The molecule has 0 radical (unpaired) electrons. The van der Waals surface area contributed by atoms with Gasteiger partial charge in [0.2, 0.25) is 5.41 Å². The van der Waals surface area contributed by atoms with E-state index >= 15 is 0 Å². The Labute approximate surface area is 121 Å². The van der Waals surface area contributed by atoms with Gasteiger partial charge in [0.1, 0.15) is 6.10 Å². The minimum absolute atomic E-state index is 0. The summed E-state index contributed by atoms with van der Waals surface area (Å²) in [7, 11) is 0. The van der Waals surface area contributed by atoms with Gasteiger partial charge in [0.05, 0.1) is 12.7 Å². The molecule has 7 heteroatoms. The molecule has 0 saturated heterocycles. The number of hydrogen-bond acceptors (Lipinski definition) is 6. The number of Topliss-reactive ketones (excluding diaryl/α,β-unsaturated/α-hetero) is 2. The monoisotopic (exact) mass is 294 g/mol. The van der Waals surface area contributed by atoms with Crippen molar-refractivity contribution in [2.75, 3.05) is 6.61 Å². The van der Waals surface area contributed by atoms with Crippen molar-refractivity contribution in [1.82, 2.24) is 0 Å². The van der Waals surface area contributed by atoms with Crippen LogP contribution in [0.2, 0.25) is 0 Å². The number of carbonyl (C=O) groups is 3. The van der Waals surface area contributed by atoms with Crippen LogP contribution in [0.1, 0.15) is 27.7 Å². The minimum atomic E-state index is -2.34. The molecule has 0 spiro atoms. The summed E-state index contributed by atoms with van der Waals surface area (Å²) in [6.07, 6.45) is -3.23. The number of ether oxygens (including phenoxy) is 1. The summed E-state index contributed by atoms with van der Waals surface area (Å²) in [5.74, 6) is -2.83. The van der Waals surface area contributed by atoms with Gasteiger partial charge in [-0.2, -0.15) is 0 Å². The van der Waals surface area contributed by atoms with Crippen molar-refractivity contribution in [3.05, 3.63) is 0 Å². The summed E-state index contributed by atoms with van der Waals surface area (Å²) in [6.45, 7) is 4.67. The van der Waals surface area contributed by atoms with E-state index in [4.69, 9.17) is 0 Å². The largest absolute Gasteiger partial charge is 0.465 e. The van der Waals surface area contributed by atoms with Crippen molar-refractivity contribution in [2.24, 2.45) is 5.41 Å². The molecule has 0 heterocycles. The first kappa shape index (κ1) is 19.8. The molecule has 2 N–H and O–H groups in total. The predicted octanol–water partition coefficient (Wildman–Crippen LogP) is -0.547. The van der Waals surface area contributed by atoms with Crippen LogP contribution in [0.15, 0.2) is 0 Å². The van der Waals surface area contributed by atoms with Crippen LogP contribution in [0.25, 0.3) is 0 Å². The van der Waals surface area contributed by atoms with E-state index in [2.05, 4.69) is 4.74 Å². The Morgan fingerprint density at radius 1 is 1.17 bits per heavy atom. The standard InChI is InChI=1S/C11H18O6.Ti/c1-5-17-10(16)11(7(3)13,8(4)14)9(15)6(2)12;/h6,9,12,15H,5H2,1-4H3;. The fraction of sp³-hybridized carbons (Fsp3) is 0.727. The maximum absolute atomic E-state index is 11.8. The molecule has 0 aromatic carbocycles. The van der Waals surface area contributed by atoms with Gasteiger partial charge in [0, 0.05) is 21.7 Å². The third-order valence-electron chi connectivity index (χ3n) is 2.61. The molecule has 0 rings (SSSR count). The van der Waals surface area contributed by atoms with E-state index in [0.29, 0.717) is 0 Å². The third kappa shape index (κ3) is 3.48. The second-order valence-electron chi connectivity index (χ2n) is 3.83. The van der Waals surface area contributed by atoms with Crippen LogP contribution < -0.4 is 0 Å². The van der Waals surface area contributed by atoms with Gasteiger partial charge in [-0.3, -0.25) is 14.4 Å². The molecule has 0 aliphatic rings. The van der Waals surface area contributed by atoms with Crippen LogP contribution in [-0.2, 0) is 40.8 Å². The Balaban J connectivity index is 0. The van der Waals surface area contributed by atoms with Crippen LogP contribution >= 0.6 is 0 Å². The molecular formula is C11H18O6Ti. The number of aliphatic hydroxyl groups excluding tert-OH is 2. The molecule has 0 aromatic rings. The number of carbonyl (C=O) groups excluding carboxylic acids is 3. The average Bonchev–Trinajstić information content (AvgIpc) is 2.17. The number of hydrogen-bond donors (Lipinski definition) is 2. The van der Waals surface area contributed by atoms with E-state index in [1.165, 1.54) is 13.8 Å². The Hall–Kier alpha value is -0.556. The Kier molecular flexibility index (Phi) is 8.55. The zero-order valence-electron chi connectivity index (χ0n) is 10.9. The zero-order valence-corrected chi connectivity index (χ0v) is 12.5. The molecule has 102 valence electrons. The molecule has 6 nitrogen and oxygen atoms in total. The Bertz CT molecular complexity index is 311. The van der Waals surface area contributed by atoms with E-state index < -0.39 is 35.2 Å². The van der Waals surface area contributed by atoms with Gasteiger partial charge in [0.15, 0.2) is 11.6 Å². The second-order valence-corrected chi connectivity index (χ2v) is 3.83. The van der Waals surface area contributed by atoms with E-state index in [-0.39, 0.29) is 28.3 Å². The van der Waals surface area contributed by atoms with Gasteiger partial charge >= 0.3 is 5.97 Å². The van der Waals surface area contributed by atoms with Crippen molar-refractivity contribution in [3.8, 4) is 0 Å². The number of rotatable bonds is 6. The van der Waals surface area contributed by atoms with Crippen molar-refractivity contribution in [3.63, 3.8) is 0 Å². The predicted molar refractivity (Wildman–Crippen MR) is 58.1 cm³/mol. The number of ketones is 2. The van der Waals surface area contributed by atoms with Crippen LogP contribution in [0.3, 0.4) is 0 Å². The first-order valence-corrected chi connectivity index (χ1v) is 5.28. The van der Waals surface area contributed by atoms with Gasteiger partial charge in [0.25, 0.3) is 0 Å². The van der Waals surface area contributed by atoms with Crippen LogP contribution in [0.5, 0.6) is 0 Å². The van der Waals surface area contributed by atoms with Gasteiger partial charge in [-0.15, -0.1) is 0 Å². The van der Waals surface area contributed by atoms with Gasteiger partial charge in [-0.25, -0.2) is 0 Å². The number of esters is 1. The van der Waals surface area contributed by atoms with Gasteiger partial charge in [-0.1, -0.05) is 0 Å². The average molecular weight is 294 g/mol. The topological polar surface area (TPSA) is 101 Å². The molecule has 0 aliphatic carbocycles. The Morgan fingerprint density at radius 2 is 1.56 bits per heavy atom. The third-order valence-corrected chi connectivity index (χ3v) is 2.61. The SMILES string of the molecule is CCOC(=O)C(C(C)=O)(C(C)=O)C(O)C(C)O.[Ti]. The van der Waals surface area contributed by atoms with E-state index in [1.54, 1.807) is 0 Å². The van der Waals surface area contributed by atoms with Gasteiger partial charge < -0.3 is 14.9 Å². The summed E-state index contributed by atoms with van der Waals surface area (Å²) >= 11 is 0. The molecule has 0 aliphatic heterocycles. The molecule has 18 heavy (non-hydrogen) atoms. The first-order chi connectivity index (χ1) is 7.72. The molecular weight excluding hydrogens is 276 g/mol. The smallest absolute Gasteiger partial charge is 0.330 e. The summed E-state index contributed by atoms with van der Waals surface area (Å²) < 4.78 is 4.65. The molecule has 0 amide bonds. The summed E-state index contributed by atoms with van der Waals surface area (Å²) in [5, 5.41) is 19.1. The summed E-state index contributed by atoms with van der Waals surface area (Å²) in [4.78, 5) is 34.9. The summed E-state index contributed by atoms with van der Waals surface area (Å²) in [6, 6.07) is 0. The normalized spacial score (nSPS) is 14.1. The second kappa shape index (κ2) is 7.79. The quantitative estimate of drug-likeness (QED) is 0.387. The zero-order chi connectivity index (χ0) is 13.8. The van der Waals surface area contributed by atoms with E-state index in [1.807, 2.05) is 0 Å². The molecule has 2 atom stereocenters. The van der Waals surface area contributed by atoms with Crippen LogP contribution in [0.4, 0.5) is 0 Å². The molecule has 0 bridgehead atoms. The van der Waals surface area contributed by atoms with Crippen LogP contribution in [-0.4, -0.2) is 46.6 Å². The summed E-state index contributed by atoms with van der Waals surface area (Å²) in [5.41, 5.74) is -2.34. The molecule has 0 aromatic heterocycles. The molecule has 0 saturated carbocycles. The first-order valence-electron chi connectivity index (χ1n) is 5.28. The molecule has 2 unspecified atom stereocenters. The Morgan fingerprint density at radius 3 is 1.78 bits per heavy atom. The van der Waals surface area contributed by atoms with E-state index in [9.17, 15) is 24.6 Å². The fourth-order valence-electron chi connectivity index (χ4n) is 1.68. The van der Waals surface area contributed by atoms with Gasteiger partial charge in [-0.05, 0) is 27.7 Å². The fourth-order valence-corrected chi connectivity index (χ4v) is 1.68. The van der Waals surface area contributed by atoms with Crippen molar-refractivity contribution < 1.29 is 51.1 Å². The van der Waals surface area contributed by atoms with E-state index in [0.717, 1.165) is 13.8 Å². The number of aliphatic hydroxyl groups is 2. The minimum Gasteiger partial charge on any atom is -0.465 e. The van der Waals surface area contributed by atoms with Crippen molar-refractivity contribution in [1.29, 1.82) is 0 Å².